The van der Waals surface area contributed by atoms with Crippen molar-refractivity contribution < 1.29 is 4.79 Å². The molecule has 1 heteroatoms. The minimum Gasteiger partial charge on any atom is -0.289 e. The van der Waals surface area contributed by atoms with Crippen molar-refractivity contribution in [1.29, 1.82) is 0 Å². The summed E-state index contributed by atoms with van der Waals surface area (Å²) < 4.78 is 0. The van der Waals surface area contributed by atoms with E-state index in [1.165, 1.54) is 83.5 Å². The second kappa shape index (κ2) is 9.93. The maximum absolute atomic E-state index is 15.0. The van der Waals surface area contributed by atoms with Crippen LogP contribution in [0.2, 0.25) is 0 Å². The molecule has 0 bridgehead atoms. The van der Waals surface area contributed by atoms with Crippen LogP contribution >= 0.6 is 0 Å². The van der Waals surface area contributed by atoms with Gasteiger partial charge in [0, 0.05) is 17.1 Å². The van der Waals surface area contributed by atoms with Crippen molar-refractivity contribution in [3.8, 4) is 33.4 Å². The van der Waals surface area contributed by atoms with Gasteiger partial charge >= 0.3 is 0 Å². The van der Waals surface area contributed by atoms with Gasteiger partial charge in [0.15, 0.2) is 5.78 Å². The van der Waals surface area contributed by atoms with Crippen molar-refractivity contribution in [1.82, 2.24) is 0 Å². The van der Waals surface area contributed by atoms with E-state index in [4.69, 9.17) is 0 Å². The number of carbonyl (C=O) groups excluding carboxylic acids is 1. The first-order chi connectivity index (χ1) is 25.7. The topological polar surface area (TPSA) is 17.1 Å². The molecule has 1 nitrogen and oxygen atoms in total. The molecule has 0 N–H and O–H groups in total. The summed E-state index contributed by atoms with van der Waals surface area (Å²) in [6.07, 6.45) is 5.28. The van der Waals surface area contributed by atoms with Gasteiger partial charge in [-0.3, -0.25) is 4.79 Å². The zero-order valence-electron chi connectivity index (χ0n) is 28.4. The molecule has 7 aromatic carbocycles. The number of hydrogen-bond acceptors (Lipinski definition) is 1. The number of Topliss-reactive ketones (excluding diaryl/α,β-unsaturated/α-hetero) is 1. The van der Waals surface area contributed by atoms with Crippen molar-refractivity contribution in [3.63, 3.8) is 0 Å². The molecular formula is C51H32O. The Hall–Kier alpha value is -6.31. The van der Waals surface area contributed by atoms with E-state index in [9.17, 15) is 0 Å². The molecule has 12 rings (SSSR count). The van der Waals surface area contributed by atoms with E-state index in [0.29, 0.717) is 0 Å². The third kappa shape index (κ3) is 3.20. The van der Waals surface area contributed by atoms with Crippen molar-refractivity contribution in [3.05, 3.63) is 237 Å². The lowest BCUT2D eigenvalue weighted by Crippen LogP contribution is -2.28. The summed E-state index contributed by atoms with van der Waals surface area (Å²) in [6, 6.07) is 59.8. The van der Waals surface area contributed by atoms with Crippen LogP contribution in [0.3, 0.4) is 0 Å². The van der Waals surface area contributed by atoms with E-state index in [1.54, 1.807) is 0 Å². The zero-order valence-corrected chi connectivity index (χ0v) is 28.4. The van der Waals surface area contributed by atoms with Crippen LogP contribution in [0.5, 0.6) is 0 Å². The molecule has 0 radical (unpaired) electrons. The summed E-state index contributed by atoms with van der Waals surface area (Å²) in [5.41, 5.74) is 20.0. The monoisotopic (exact) mass is 660 g/mol. The first-order valence-corrected chi connectivity index (χ1v) is 18.4. The molecular weight excluding hydrogens is 629 g/mol. The summed E-state index contributed by atoms with van der Waals surface area (Å²) in [7, 11) is 0. The minimum absolute atomic E-state index is 0.0881. The lowest BCUT2D eigenvalue weighted by molar-refractivity contribution is 0.103. The van der Waals surface area contributed by atoms with Gasteiger partial charge in [-0.15, -0.1) is 0 Å². The molecule has 0 saturated carbocycles. The number of carbonyl (C=O) groups is 1. The molecule has 0 saturated heterocycles. The summed E-state index contributed by atoms with van der Waals surface area (Å²) >= 11 is 0. The average Bonchev–Trinajstić information content (AvgIpc) is 3.89. The predicted molar refractivity (Wildman–Crippen MR) is 209 cm³/mol. The highest BCUT2D eigenvalue weighted by molar-refractivity contribution is 6.12. The standard InChI is InChI=1S/C51H32O/c52-49(31-25-27-39-37-17-5-11-23-45(37)50(47(39)29-31)41-19-7-1-13-33(41)34-14-2-8-20-42(34)50)32-26-28-40-38-18-6-12-24-46(38)51(48(40)30-32)43-21-9-3-15-35(43)36-16-4-10-22-44(36)51/h1-27,29-30,40H,28H2. The fraction of sp³-hybridized carbons (Fsp3) is 0.0784. The molecule has 0 amide bonds. The Morgan fingerprint density at radius 2 is 0.865 bits per heavy atom. The van der Waals surface area contributed by atoms with Gasteiger partial charge in [-0.25, -0.2) is 0 Å². The summed E-state index contributed by atoms with van der Waals surface area (Å²) in [6.45, 7) is 0. The van der Waals surface area contributed by atoms with Crippen molar-refractivity contribution in [2.24, 2.45) is 0 Å². The molecule has 0 heterocycles. The predicted octanol–water partition coefficient (Wildman–Crippen LogP) is 11.6. The maximum Gasteiger partial charge on any atom is 0.192 e. The van der Waals surface area contributed by atoms with E-state index >= 15 is 4.79 Å². The van der Waals surface area contributed by atoms with Crippen LogP contribution in [0.1, 0.15) is 67.2 Å². The normalized spacial score (nSPS) is 18.0. The second-order valence-corrected chi connectivity index (χ2v) is 15.0. The van der Waals surface area contributed by atoms with Crippen molar-refractivity contribution >= 4 is 5.78 Å². The number of fused-ring (bicyclic) bond motifs is 20. The van der Waals surface area contributed by atoms with Crippen LogP contribution in [0.25, 0.3) is 33.4 Å². The molecule has 1 atom stereocenters. The van der Waals surface area contributed by atoms with E-state index < -0.39 is 10.8 Å². The Morgan fingerprint density at radius 1 is 0.442 bits per heavy atom. The second-order valence-electron chi connectivity index (χ2n) is 15.0. The number of hydrogen-bond donors (Lipinski definition) is 0. The molecule has 5 aliphatic rings. The fourth-order valence-electron chi connectivity index (χ4n) is 11.1. The lowest BCUT2D eigenvalue weighted by Gasteiger charge is -2.33. The maximum atomic E-state index is 15.0. The number of rotatable bonds is 2. The summed E-state index contributed by atoms with van der Waals surface area (Å²) in [5, 5.41) is 0. The minimum atomic E-state index is -0.478. The van der Waals surface area contributed by atoms with E-state index in [0.717, 1.165) is 17.6 Å². The van der Waals surface area contributed by atoms with E-state index in [1.807, 2.05) is 0 Å². The Bertz CT molecular complexity index is 2700. The molecule has 0 aromatic heterocycles. The molecule has 5 aliphatic carbocycles. The molecule has 242 valence electrons. The van der Waals surface area contributed by atoms with Gasteiger partial charge in [0.25, 0.3) is 0 Å². The van der Waals surface area contributed by atoms with Gasteiger partial charge in [0.05, 0.1) is 10.8 Å². The first kappa shape index (κ1) is 28.4. The van der Waals surface area contributed by atoms with Gasteiger partial charge in [-0.05, 0) is 102 Å². The number of benzene rings is 7. The Morgan fingerprint density at radius 3 is 1.38 bits per heavy atom. The first-order valence-electron chi connectivity index (χ1n) is 18.4. The van der Waals surface area contributed by atoms with Gasteiger partial charge in [-0.1, -0.05) is 164 Å². The molecule has 1 unspecified atom stereocenters. The third-order valence-corrected chi connectivity index (χ3v) is 12.9. The van der Waals surface area contributed by atoms with E-state index in [-0.39, 0.29) is 11.7 Å². The molecule has 52 heavy (non-hydrogen) atoms. The van der Waals surface area contributed by atoms with E-state index in [2.05, 4.69) is 176 Å². The van der Waals surface area contributed by atoms with Gasteiger partial charge in [-0.2, -0.15) is 0 Å². The highest BCUT2D eigenvalue weighted by Gasteiger charge is 2.55. The fourth-order valence-corrected chi connectivity index (χ4v) is 11.1. The van der Waals surface area contributed by atoms with Crippen LogP contribution in [0.15, 0.2) is 187 Å². The van der Waals surface area contributed by atoms with Crippen molar-refractivity contribution in [2.75, 3.05) is 0 Å². The molecule has 2 spiro atoms. The SMILES string of the molecule is O=C(C1=CCC2C(=C1)C1(c3ccccc3-c3ccccc31)c1ccccc12)c1ccc2c(c1)C1(c3ccccc3-c3ccccc31)c1ccccc1-2. The lowest BCUT2D eigenvalue weighted by atomic mass is 9.68. The van der Waals surface area contributed by atoms with Gasteiger partial charge in [0.1, 0.15) is 0 Å². The molecule has 7 aromatic rings. The highest BCUT2D eigenvalue weighted by Crippen LogP contribution is 2.66. The summed E-state index contributed by atoms with van der Waals surface area (Å²) in [4.78, 5) is 15.0. The average molecular weight is 661 g/mol. The Kier molecular flexibility index (Phi) is 5.42. The third-order valence-electron chi connectivity index (χ3n) is 12.9. The van der Waals surface area contributed by atoms with Gasteiger partial charge in [0.2, 0.25) is 0 Å². The Balaban J connectivity index is 1.05. The van der Waals surface area contributed by atoms with Gasteiger partial charge < -0.3 is 0 Å². The largest absolute Gasteiger partial charge is 0.289 e. The quantitative estimate of drug-likeness (QED) is 0.169. The van der Waals surface area contributed by atoms with Crippen LogP contribution in [0, 0.1) is 0 Å². The van der Waals surface area contributed by atoms with Crippen LogP contribution in [-0.2, 0) is 10.8 Å². The number of allylic oxidation sites excluding steroid dienone is 4. The molecule has 0 aliphatic heterocycles. The number of ketones is 1. The highest BCUT2D eigenvalue weighted by atomic mass is 16.1. The Labute approximate surface area is 303 Å². The van der Waals surface area contributed by atoms with Crippen LogP contribution < -0.4 is 0 Å². The van der Waals surface area contributed by atoms with Crippen LogP contribution in [0.4, 0.5) is 0 Å². The zero-order chi connectivity index (χ0) is 34.2. The smallest absolute Gasteiger partial charge is 0.192 e. The van der Waals surface area contributed by atoms with Crippen LogP contribution in [-0.4, -0.2) is 5.78 Å². The molecule has 0 fully saturated rings. The van der Waals surface area contributed by atoms with Crippen molar-refractivity contribution in [2.45, 2.75) is 23.2 Å². The summed E-state index contributed by atoms with van der Waals surface area (Å²) in [5.74, 6) is 0.307.